The van der Waals surface area contributed by atoms with E-state index >= 15 is 0 Å². The van der Waals surface area contributed by atoms with Crippen LogP contribution in [0, 0.1) is 17.1 Å². The molecule has 0 heterocycles. The number of nitrogens with zero attached hydrogens (tertiary/aromatic N) is 1. The molecule has 0 radical (unpaired) electrons. The van der Waals surface area contributed by atoms with Gasteiger partial charge in [-0.3, -0.25) is 4.79 Å². The summed E-state index contributed by atoms with van der Waals surface area (Å²) in [7, 11) is 0. The van der Waals surface area contributed by atoms with Gasteiger partial charge in [0.1, 0.15) is 11.7 Å². The normalized spacial score (nSPS) is 11.8. The molecule has 1 unspecified atom stereocenters. The summed E-state index contributed by atoms with van der Waals surface area (Å²) < 4.78 is 13.8. The highest BCUT2D eigenvalue weighted by Gasteiger charge is 2.26. The number of hydrogen-bond donors (Lipinski definition) is 0. The molecule has 2 nitrogen and oxygen atoms in total. The minimum atomic E-state index is -1.23. The van der Waals surface area contributed by atoms with Gasteiger partial charge in [-0.05, 0) is 35.9 Å². The summed E-state index contributed by atoms with van der Waals surface area (Å²) >= 11 is 17.5. The lowest BCUT2D eigenvalue weighted by atomic mass is 9.91. The first-order chi connectivity index (χ1) is 9.93. The maximum Gasteiger partial charge on any atom is 0.187 e. The highest BCUT2D eigenvalue weighted by molar-refractivity contribution is 6.35. The molecule has 0 saturated heterocycles. The Balaban J connectivity index is 2.49. The van der Waals surface area contributed by atoms with Gasteiger partial charge in [0, 0.05) is 15.1 Å². The number of nitriles is 1. The first kappa shape index (κ1) is 15.8. The fraction of sp³-hybridized carbons (Fsp3) is 0.0667. The molecule has 2 rings (SSSR count). The van der Waals surface area contributed by atoms with Gasteiger partial charge >= 0.3 is 0 Å². The van der Waals surface area contributed by atoms with E-state index in [1.807, 2.05) is 6.07 Å². The van der Waals surface area contributed by atoms with E-state index in [1.165, 1.54) is 30.3 Å². The van der Waals surface area contributed by atoms with Crippen molar-refractivity contribution in [2.45, 2.75) is 5.92 Å². The Hall–Kier alpha value is -1.60. The van der Waals surface area contributed by atoms with E-state index in [0.29, 0.717) is 5.02 Å². The molecular formula is C15H7Cl3FNO. The van der Waals surface area contributed by atoms with Crippen LogP contribution in [0.15, 0.2) is 36.4 Å². The number of halogens is 4. The number of carbonyl (C=O) groups excluding carboxylic acids is 1. The van der Waals surface area contributed by atoms with E-state index in [4.69, 9.17) is 34.8 Å². The van der Waals surface area contributed by atoms with E-state index < -0.39 is 17.5 Å². The average Bonchev–Trinajstić information content (AvgIpc) is 2.44. The Morgan fingerprint density at radius 1 is 1.10 bits per heavy atom. The van der Waals surface area contributed by atoms with Crippen LogP contribution >= 0.6 is 34.8 Å². The SMILES string of the molecule is N#CC(C(=O)c1cc(Cl)ccc1F)c1ccc(Cl)cc1Cl. The van der Waals surface area contributed by atoms with Gasteiger partial charge in [-0.2, -0.15) is 5.26 Å². The van der Waals surface area contributed by atoms with Crippen molar-refractivity contribution in [3.8, 4) is 6.07 Å². The molecule has 0 N–H and O–H groups in total. The Kier molecular flexibility index (Phi) is 4.84. The molecule has 0 fully saturated rings. The second-order valence-electron chi connectivity index (χ2n) is 4.22. The zero-order chi connectivity index (χ0) is 15.6. The van der Waals surface area contributed by atoms with E-state index in [0.717, 1.165) is 6.07 Å². The third-order valence-corrected chi connectivity index (χ3v) is 3.66. The van der Waals surface area contributed by atoms with Crippen LogP contribution in [-0.4, -0.2) is 5.78 Å². The standard InChI is InChI=1S/C15H7Cl3FNO/c16-8-2-4-14(19)11(5-8)15(21)12(7-20)10-3-1-9(17)6-13(10)18/h1-6,12H. The molecule has 1 atom stereocenters. The van der Waals surface area contributed by atoms with Crippen LogP contribution in [0.2, 0.25) is 15.1 Å². The van der Waals surface area contributed by atoms with Crippen molar-refractivity contribution >= 4 is 40.6 Å². The molecule has 0 aliphatic carbocycles. The second-order valence-corrected chi connectivity index (χ2v) is 5.50. The lowest BCUT2D eigenvalue weighted by molar-refractivity contribution is 0.0975. The molecule has 0 amide bonds. The van der Waals surface area contributed by atoms with Crippen molar-refractivity contribution in [1.29, 1.82) is 5.26 Å². The second kappa shape index (κ2) is 6.44. The third-order valence-electron chi connectivity index (χ3n) is 2.86. The molecule has 6 heteroatoms. The monoisotopic (exact) mass is 341 g/mol. The van der Waals surface area contributed by atoms with Gasteiger partial charge in [0.2, 0.25) is 0 Å². The summed E-state index contributed by atoms with van der Waals surface area (Å²) in [4.78, 5) is 12.4. The molecule has 2 aromatic carbocycles. The zero-order valence-corrected chi connectivity index (χ0v) is 12.7. The van der Waals surface area contributed by atoms with Crippen molar-refractivity contribution in [1.82, 2.24) is 0 Å². The summed E-state index contributed by atoms with van der Waals surface area (Å²) in [6, 6.07) is 9.83. The minimum Gasteiger partial charge on any atom is -0.292 e. The van der Waals surface area contributed by atoms with Crippen molar-refractivity contribution in [2.24, 2.45) is 0 Å². The lowest BCUT2D eigenvalue weighted by Crippen LogP contribution is -2.13. The van der Waals surface area contributed by atoms with E-state index in [9.17, 15) is 14.4 Å². The Morgan fingerprint density at radius 2 is 1.71 bits per heavy atom. The number of rotatable bonds is 3. The lowest BCUT2D eigenvalue weighted by Gasteiger charge is -2.11. The molecule has 2 aromatic rings. The Bertz CT molecular complexity index is 755. The summed E-state index contributed by atoms with van der Waals surface area (Å²) in [5, 5.41) is 10.0. The molecular weight excluding hydrogens is 336 g/mol. The molecule has 0 spiro atoms. The predicted octanol–water partition coefficient (Wildman–Crippen LogP) is 5.28. The predicted molar refractivity (Wildman–Crippen MR) is 80.6 cm³/mol. The van der Waals surface area contributed by atoms with Crippen molar-refractivity contribution < 1.29 is 9.18 Å². The molecule has 0 aromatic heterocycles. The van der Waals surface area contributed by atoms with Crippen LogP contribution in [-0.2, 0) is 0 Å². The van der Waals surface area contributed by atoms with Gasteiger partial charge in [0.15, 0.2) is 5.78 Å². The van der Waals surface area contributed by atoms with Gasteiger partial charge < -0.3 is 0 Å². The van der Waals surface area contributed by atoms with Gasteiger partial charge in [0.05, 0.1) is 11.6 Å². The number of benzene rings is 2. The summed E-state index contributed by atoms with van der Waals surface area (Å²) in [6.45, 7) is 0. The highest BCUT2D eigenvalue weighted by Crippen LogP contribution is 2.30. The van der Waals surface area contributed by atoms with Crippen LogP contribution in [0.25, 0.3) is 0 Å². The summed E-state index contributed by atoms with van der Waals surface area (Å²) in [5.74, 6) is -2.68. The van der Waals surface area contributed by atoms with Crippen LogP contribution in [0.4, 0.5) is 4.39 Å². The number of carbonyl (C=O) groups is 1. The topological polar surface area (TPSA) is 40.9 Å². The number of ketones is 1. The van der Waals surface area contributed by atoms with Crippen LogP contribution in [0.5, 0.6) is 0 Å². The maximum absolute atomic E-state index is 13.8. The largest absolute Gasteiger partial charge is 0.292 e. The summed E-state index contributed by atoms with van der Waals surface area (Å²) in [6.07, 6.45) is 0. The van der Waals surface area contributed by atoms with Gasteiger partial charge in [0.25, 0.3) is 0 Å². The third kappa shape index (κ3) is 3.36. The van der Waals surface area contributed by atoms with E-state index in [-0.39, 0.29) is 21.2 Å². The van der Waals surface area contributed by atoms with Crippen molar-refractivity contribution in [2.75, 3.05) is 0 Å². The van der Waals surface area contributed by atoms with Gasteiger partial charge in [-0.15, -0.1) is 0 Å². The number of Topliss-reactive ketones (excluding diaryl/α,β-unsaturated/α-hetero) is 1. The molecule has 21 heavy (non-hydrogen) atoms. The zero-order valence-electron chi connectivity index (χ0n) is 10.4. The van der Waals surface area contributed by atoms with Crippen LogP contribution in [0.1, 0.15) is 21.8 Å². The first-order valence-electron chi connectivity index (χ1n) is 5.78. The quantitative estimate of drug-likeness (QED) is 0.712. The first-order valence-corrected chi connectivity index (χ1v) is 6.91. The Morgan fingerprint density at radius 3 is 2.33 bits per heavy atom. The number of hydrogen-bond acceptors (Lipinski definition) is 2. The molecule has 0 saturated carbocycles. The van der Waals surface area contributed by atoms with Gasteiger partial charge in [-0.1, -0.05) is 40.9 Å². The maximum atomic E-state index is 13.8. The van der Waals surface area contributed by atoms with Crippen molar-refractivity contribution in [3.05, 3.63) is 68.4 Å². The highest BCUT2D eigenvalue weighted by atomic mass is 35.5. The smallest absolute Gasteiger partial charge is 0.187 e. The van der Waals surface area contributed by atoms with Crippen LogP contribution < -0.4 is 0 Å². The van der Waals surface area contributed by atoms with Crippen LogP contribution in [0.3, 0.4) is 0 Å². The Labute approximate surface area is 135 Å². The van der Waals surface area contributed by atoms with E-state index in [2.05, 4.69) is 0 Å². The summed E-state index contributed by atoms with van der Waals surface area (Å²) in [5.41, 5.74) is 0.0213. The molecule has 106 valence electrons. The fourth-order valence-electron chi connectivity index (χ4n) is 1.85. The minimum absolute atomic E-state index is 0.171. The fourth-order valence-corrected chi connectivity index (χ4v) is 2.54. The average molecular weight is 343 g/mol. The molecule has 0 aliphatic heterocycles. The molecule has 0 bridgehead atoms. The van der Waals surface area contributed by atoms with Crippen molar-refractivity contribution in [3.63, 3.8) is 0 Å². The van der Waals surface area contributed by atoms with Gasteiger partial charge in [-0.25, -0.2) is 4.39 Å². The molecule has 0 aliphatic rings. The van der Waals surface area contributed by atoms with E-state index in [1.54, 1.807) is 0 Å².